The highest BCUT2D eigenvalue weighted by Crippen LogP contribution is 2.36. The van der Waals surface area contributed by atoms with E-state index in [0.29, 0.717) is 28.6 Å². The van der Waals surface area contributed by atoms with Crippen molar-refractivity contribution in [3.63, 3.8) is 0 Å². The number of thiazole rings is 1. The smallest absolute Gasteiger partial charge is 0.195 e. The molecule has 0 radical (unpaired) electrons. The van der Waals surface area contributed by atoms with E-state index >= 15 is 0 Å². The number of furan rings is 1. The number of aldehydes is 1. The van der Waals surface area contributed by atoms with E-state index < -0.39 is 0 Å². The van der Waals surface area contributed by atoms with Crippen molar-refractivity contribution in [1.29, 1.82) is 0 Å². The SMILES string of the molecule is COc1ccc(-c2nc3scc(-c4ccco4)n3c2C=O)cc1OC. The second-order valence-electron chi connectivity index (χ2n) is 5.25. The van der Waals surface area contributed by atoms with Crippen molar-refractivity contribution in [1.82, 2.24) is 9.38 Å². The molecule has 6 nitrogen and oxygen atoms in total. The fraction of sp³-hybridized carbons (Fsp3) is 0.111. The van der Waals surface area contributed by atoms with E-state index in [1.807, 2.05) is 34.0 Å². The highest BCUT2D eigenvalue weighted by molar-refractivity contribution is 7.15. The van der Waals surface area contributed by atoms with Gasteiger partial charge in [-0.3, -0.25) is 9.20 Å². The Kier molecular flexibility index (Phi) is 3.77. The van der Waals surface area contributed by atoms with Crippen molar-refractivity contribution >= 4 is 22.6 Å². The molecule has 0 aliphatic rings. The molecule has 0 saturated carbocycles. The number of ether oxygens (including phenoxy) is 2. The van der Waals surface area contributed by atoms with Gasteiger partial charge in [0.25, 0.3) is 0 Å². The number of fused-ring (bicyclic) bond motifs is 1. The third kappa shape index (κ3) is 2.40. The van der Waals surface area contributed by atoms with Gasteiger partial charge in [0.1, 0.15) is 17.1 Å². The molecule has 0 unspecified atom stereocenters. The molecule has 1 aromatic carbocycles. The fourth-order valence-corrected chi connectivity index (χ4v) is 3.67. The maximum atomic E-state index is 11.8. The molecule has 0 bridgehead atoms. The van der Waals surface area contributed by atoms with Gasteiger partial charge in [-0.05, 0) is 30.3 Å². The van der Waals surface area contributed by atoms with Crippen LogP contribution in [0.1, 0.15) is 10.5 Å². The highest BCUT2D eigenvalue weighted by atomic mass is 32.1. The average Bonchev–Trinajstić information content (AvgIpc) is 3.36. The largest absolute Gasteiger partial charge is 0.493 e. The summed E-state index contributed by atoms with van der Waals surface area (Å²) in [6.45, 7) is 0. The van der Waals surface area contributed by atoms with Crippen LogP contribution in [0.4, 0.5) is 0 Å². The molecule has 0 saturated heterocycles. The summed E-state index contributed by atoms with van der Waals surface area (Å²) < 4.78 is 17.9. The van der Waals surface area contributed by atoms with Gasteiger partial charge >= 0.3 is 0 Å². The summed E-state index contributed by atoms with van der Waals surface area (Å²) in [6, 6.07) is 9.12. The van der Waals surface area contributed by atoms with E-state index in [1.165, 1.54) is 11.3 Å². The number of hydrogen-bond acceptors (Lipinski definition) is 6. The Hall–Kier alpha value is -3.06. The standard InChI is InChI=1S/C18H14N2O4S/c1-22-15-6-5-11(8-16(15)23-2)17-12(9-21)20-13(10-25-18(20)19-17)14-4-3-7-24-14/h3-10H,1-2H3. The highest BCUT2D eigenvalue weighted by Gasteiger charge is 2.20. The summed E-state index contributed by atoms with van der Waals surface area (Å²) >= 11 is 1.45. The molecule has 0 amide bonds. The van der Waals surface area contributed by atoms with E-state index in [4.69, 9.17) is 13.9 Å². The molecule has 0 atom stereocenters. The molecule has 4 rings (SSSR count). The van der Waals surface area contributed by atoms with Crippen LogP contribution in [0.15, 0.2) is 46.4 Å². The summed E-state index contributed by atoms with van der Waals surface area (Å²) in [5.41, 5.74) is 2.64. The van der Waals surface area contributed by atoms with Crippen molar-refractivity contribution in [2.75, 3.05) is 14.2 Å². The number of imidazole rings is 1. The molecule has 0 fully saturated rings. The van der Waals surface area contributed by atoms with Gasteiger partial charge in [-0.25, -0.2) is 4.98 Å². The second-order valence-corrected chi connectivity index (χ2v) is 6.09. The van der Waals surface area contributed by atoms with Gasteiger partial charge in [0, 0.05) is 10.9 Å². The first-order valence-corrected chi connectivity index (χ1v) is 8.36. The third-order valence-electron chi connectivity index (χ3n) is 3.94. The van der Waals surface area contributed by atoms with Crippen LogP contribution in [0.5, 0.6) is 11.5 Å². The van der Waals surface area contributed by atoms with Crippen molar-refractivity contribution in [3.8, 4) is 34.2 Å². The normalized spacial score (nSPS) is 11.0. The van der Waals surface area contributed by atoms with Crippen molar-refractivity contribution in [2.24, 2.45) is 0 Å². The summed E-state index contributed by atoms with van der Waals surface area (Å²) in [7, 11) is 3.15. The van der Waals surface area contributed by atoms with Gasteiger partial charge in [0.05, 0.1) is 20.5 Å². The van der Waals surface area contributed by atoms with Gasteiger partial charge in [-0.1, -0.05) is 0 Å². The van der Waals surface area contributed by atoms with Crippen molar-refractivity contribution in [2.45, 2.75) is 0 Å². The number of carbonyl (C=O) groups is 1. The molecule has 3 heterocycles. The lowest BCUT2D eigenvalue weighted by Crippen LogP contribution is -1.95. The Bertz CT molecular complexity index is 1050. The molecular weight excluding hydrogens is 340 g/mol. The van der Waals surface area contributed by atoms with E-state index in [9.17, 15) is 4.79 Å². The van der Waals surface area contributed by atoms with Crippen LogP contribution in [0.25, 0.3) is 27.7 Å². The number of aromatic nitrogens is 2. The van der Waals surface area contributed by atoms with Crippen LogP contribution in [-0.2, 0) is 0 Å². The van der Waals surface area contributed by atoms with Gasteiger partial charge in [0.15, 0.2) is 28.5 Å². The summed E-state index contributed by atoms with van der Waals surface area (Å²) in [5, 5.41) is 1.92. The molecule has 0 aliphatic carbocycles. The topological polar surface area (TPSA) is 66.0 Å². The predicted octanol–water partition coefficient (Wildman–Crippen LogP) is 4.15. The second kappa shape index (κ2) is 6.10. The quantitative estimate of drug-likeness (QED) is 0.504. The number of rotatable bonds is 5. The first-order chi connectivity index (χ1) is 12.3. The molecule has 4 aromatic rings. The maximum Gasteiger partial charge on any atom is 0.195 e. The summed E-state index contributed by atoms with van der Waals surface area (Å²) in [6.07, 6.45) is 2.41. The monoisotopic (exact) mass is 354 g/mol. The lowest BCUT2D eigenvalue weighted by atomic mass is 10.1. The van der Waals surface area contributed by atoms with Crippen LogP contribution < -0.4 is 9.47 Å². The number of hydrogen-bond donors (Lipinski definition) is 0. The van der Waals surface area contributed by atoms with Gasteiger partial charge in [-0.15, -0.1) is 11.3 Å². The zero-order valence-electron chi connectivity index (χ0n) is 13.6. The Morgan fingerprint density at radius 1 is 1.20 bits per heavy atom. The zero-order chi connectivity index (χ0) is 17.4. The molecule has 126 valence electrons. The van der Waals surface area contributed by atoms with E-state index in [0.717, 1.165) is 22.5 Å². The number of benzene rings is 1. The Morgan fingerprint density at radius 2 is 2.04 bits per heavy atom. The first kappa shape index (κ1) is 15.5. The molecule has 0 spiro atoms. The van der Waals surface area contributed by atoms with Crippen LogP contribution in [0.3, 0.4) is 0 Å². The molecular formula is C18H14N2O4S. The first-order valence-electron chi connectivity index (χ1n) is 7.48. The minimum Gasteiger partial charge on any atom is -0.493 e. The third-order valence-corrected chi connectivity index (χ3v) is 4.77. The van der Waals surface area contributed by atoms with E-state index in [-0.39, 0.29) is 0 Å². The lowest BCUT2D eigenvalue weighted by molar-refractivity contribution is 0.111. The van der Waals surface area contributed by atoms with Crippen LogP contribution in [0.2, 0.25) is 0 Å². The molecule has 0 N–H and O–H groups in total. The predicted molar refractivity (Wildman–Crippen MR) is 94.7 cm³/mol. The number of methoxy groups -OCH3 is 2. The van der Waals surface area contributed by atoms with E-state index in [2.05, 4.69) is 4.98 Å². The molecule has 0 aliphatic heterocycles. The fourth-order valence-electron chi connectivity index (χ4n) is 2.78. The molecule has 3 aromatic heterocycles. The Balaban J connectivity index is 1.93. The Labute approximate surface area is 147 Å². The van der Waals surface area contributed by atoms with Crippen molar-refractivity contribution in [3.05, 3.63) is 47.7 Å². The van der Waals surface area contributed by atoms with Crippen molar-refractivity contribution < 1.29 is 18.7 Å². The minimum atomic E-state index is 0.467. The average molecular weight is 354 g/mol. The molecule has 7 heteroatoms. The van der Waals surface area contributed by atoms with Crippen LogP contribution >= 0.6 is 11.3 Å². The van der Waals surface area contributed by atoms with Gasteiger partial charge < -0.3 is 13.9 Å². The van der Waals surface area contributed by atoms with Gasteiger partial charge in [-0.2, -0.15) is 0 Å². The molecule has 25 heavy (non-hydrogen) atoms. The van der Waals surface area contributed by atoms with Gasteiger partial charge in [0.2, 0.25) is 0 Å². The zero-order valence-corrected chi connectivity index (χ0v) is 14.4. The van der Waals surface area contributed by atoms with Crippen LogP contribution in [-0.4, -0.2) is 29.9 Å². The maximum absolute atomic E-state index is 11.8. The number of nitrogens with zero attached hydrogens (tertiary/aromatic N) is 2. The Morgan fingerprint density at radius 3 is 2.72 bits per heavy atom. The lowest BCUT2D eigenvalue weighted by Gasteiger charge is -2.08. The minimum absolute atomic E-state index is 0.467. The summed E-state index contributed by atoms with van der Waals surface area (Å²) in [4.78, 5) is 17.2. The number of carbonyl (C=O) groups excluding carboxylic acids is 1. The van der Waals surface area contributed by atoms with Crippen LogP contribution in [0, 0.1) is 0 Å². The summed E-state index contributed by atoms with van der Waals surface area (Å²) in [5.74, 6) is 1.89. The van der Waals surface area contributed by atoms with E-state index in [1.54, 1.807) is 26.5 Å².